The molecular formula is C14H27NO2. The number of hydrogen-bond acceptors (Lipinski definition) is 3. The highest BCUT2D eigenvalue weighted by Crippen LogP contribution is 2.46. The largest absolute Gasteiger partial charge is 0.469 e. The lowest BCUT2D eigenvalue weighted by Crippen LogP contribution is -2.41. The first-order valence-corrected chi connectivity index (χ1v) is 6.64. The lowest BCUT2D eigenvalue weighted by molar-refractivity contribution is -0.144. The molecule has 0 aromatic carbocycles. The third kappa shape index (κ3) is 3.70. The van der Waals surface area contributed by atoms with E-state index in [1.807, 2.05) is 6.92 Å². The molecule has 2 unspecified atom stereocenters. The van der Waals surface area contributed by atoms with Crippen LogP contribution < -0.4 is 5.73 Å². The molecule has 1 saturated carbocycles. The van der Waals surface area contributed by atoms with Crippen molar-refractivity contribution in [1.82, 2.24) is 0 Å². The summed E-state index contributed by atoms with van der Waals surface area (Å²) in [5, 5.41) is 0. The summed E-state index contributed by atoms with van der Waals surface area (Å²) in [7, 11) is 1.46. The standard InChI is InChI=1S/C14H27NO2/c1-11(15)14(10-12(16)17-4)7-5-6-13(2,3)8-9-14/h11H,5-10,15H2,1-4H3. The number of methoxy groups -OCH3 is 1. The smallest absolute Gasteiger partial charge is 0.306 e. The SMILES string of the molecule is COC(=O)CC1(C(C)N)CCCC(C)(C)CC1. The highest BCUT2D eigenvalue weighted by molar-refractivity contribution is 5.70. The highest BCUT2D eigenvalue weighted by Gasteiger charge is 2.40. The second kappa shape index (κ2) is 5.38. The minimum atomic E-state index is -0.123. The molecule has 2 atom stereocenters. The van der Waals surface area contributed by atoms with Gasteiger partial charge >= 0.3 is 5.97 Å². The molecule has 0 spiro atoms. The molecular weight excluding hydrogens is 214 g/mol. The van der Waals surface area contributed by atoms with Crippen molar-refractivity contribution in [3.05, 3.63) is 0 Å². The molecule has 0 radical (unpaired) electrons. The van der Waals surface area contributed by atoms with E-state index >= 15 is 0 Å². The van der Waals surface area contributed by atoms with Gasteiger partial charge in [-0.05, 0) is 43.4 Å². The van der Waals surface area contributed by atoms with Crippen molar-refractivity contribution < 1.29 is 9.53 Å². The number of ether oxygens (including phenoxy) is 1. The quantitative estimate of drug-likeness (QED) is 0.610. The lowest BCUT2D eigenvalue weighted by Gasteiger charge is -2.36. The minimum Gasteiger partial charge on any atom is -0.469 e. The molecule has 0 heterocycles. The number of rotatable bonds is 3. The fraction of sp³-hybridized carbons (Fsp3) is 0.929. The first kappa shape index (κ1) is 14.5. The van der Waals surface area contributed by atoms with Crippen molar-refractivity contribution in [2.45, 2.75) is 65.3 Å². The molecule has 0 aliphatic heterocycles. The van der Waals surface area contributed by atoms with E-state index in [4.69, 9.17) is 10.5 Å². The molecule has 1 fully saturated rings. The van der Waals surface area contributed by atoms with Crippen LogP contribution in [0.15, 0.2) is 0 Å². The van der Waals surface area contributed by atoms with Crippen LogP contribution in [0.3, 0.4) is 0 Å². The molecule has 100 valence electrons. The highest BCUT2D eigenvalue weighted by atomic mass is 16.5. The zero-order valence-corrected chi connectivity index (χ0v) is 11.7. The van der Waals surface area contributed by atoms with Crippen LogP contribution in [0.25, 0.3) is 0 Å². The summed E-state index contributed by atoms with van der Waals surface area (Å²) in [6, 6.07) is 0.0514. The fourth-order valence-corrected chi connectivity index (χ4v) is 2.91. The Hall–Kier alpha value is -0.570. The van der Waals surface area contributed by atoms with Gasteiger partial charge in [0.2, 0.25) is 0 Å². The van der Waals surface area contributed by atoms with E-state index in [0.717, 1.165) is 25.7 Å². The van der Waals surface area contributed by atoms with Crippen molar-refractivity contribution in [3.63, 3.8) is 0 Å². The van der Waals surface area contributed by atoms with Gasteiger partial charge in [0.25, 0.3) is 0 Å². The van der Waals surface area contributed by atoms with Crippen LogP contribution in [-0.4, -0.2) is 19.1 Å². The molecule has 1 aliphatic carbocycles. The van der Waals surface area contributed by atoms with Crippen LogP contribution >= 0.6 is 0 Å². The molecule has 1 aliphatic rings. The fourth-order valence-electron chi connectivity index (χ4n) is 2.91. The van der Waals surface area contributed by atoms with E-state index in [-0.39, 0.29) is 17.4 Å². The van der Waals surface area contributed by atoms with Gasteiger partial charge < -0.3 is 10.5 Å². The van der Waals surface area contributed by atoms with Crippen molar-refractivity contribution in [2.24, 2.45) is 16.6 Å². The van der Waals surface area contributed by atoms with Crippen LogP contribution in [0.2, 0.25) is 0 Å². The molecule has 0 amide bonds. The summed E-state index contributed by atoms with van der Waals surface area (Å²) in [5.74, 6) is -0.123. The Balaban J connectivity index is 2.81. The maximum atomic E-state index is 11.6. The molecule has 2 N–H and O–H groups in total. The minimum absolute atomic E-state index is 0.0514. The van der Waals surface area contributed by atoms with Gasteiger partial charge in [-0.25, -0.2) is 0 Å². The van der Waals surface area contributed by atoms with Crippen molar-refractivity contribution in [3.8, 4) is 0 Å². The first-order valence-electron chi connectivity index (χ1n) is 6.64. The Kier molecular flexibility index (Phi) is 4.59. The van der Waals surface area contributed by atoms with E-state index in [1.54, 1.807) is 0 Å². The van der Waals surface area contributed by atoms with Gasteiger partial charge in [0, 0.05) is 6.04 Å². The summed E-state index contributed by atoms with van der Waals surface area (Å²) >= 11 is 0. The van der Waals surface area contributed by atoms with E-state index in [9.17, 15) is 4.79 Å². The Morgan fingerprint density at radius 1 is 1.29 bits per heavy atom. The summed E-state index contributed by atoms with van der Waals surface area (Å²) in [6.45, 7) is 6.64. The van der Waals surface area contributed by atoms with E-state index in [2.05, 4.69) is 13.8 Å². The molecule has 0 saturated heterocycles. The van der Waals surface area contributed by atoms with Gasteiger partial charge in [-0.15, -0.1) is 0 Å². The summed E-state index contributed by atoms with van der Waals surface area (Å²) in [4.78, 5) is 11.6. The second-order valence-corrected chi connectivity index (χ2v) is 6.42. The monoisotopic (exact) mass is 241 g/mol. The predicted molar refractivity (Wildman–Crippen MR) is 69.6 cm³/mol. The van der Waals surface area contributed by atoms with Crippen LogP contribution in [0.5, 0.6) is 0 Å². The van der Waals surface area contributed by atoms with E-state index in [0.29, 0.717) is 11.8 Å². The van der Waals surface area contributed by atoms with Gasteiger partial charge in [0.05, 0.1) is 13.5 Å². The zero-order chi connectivity index (χ0) is 13.1. The molecule has 3 heteroatoms. The van der Waals surface area contributed by atoms with Gasteiger partial charge in [-0.1, -0.05) is 20.3 Å². The maximum absolute atomic E-state index is 11.6. The van der Waals surface area contributed by atoms with E-state index < -0.39 is 0 Å². The molecule has 0 aromatic rings. The average Bonchev–Trinajstić information content (AvgIpc) is 2.39. The number of nitrogens with two attached hydrogens (primary N) is 1. The topological polar surface area (TPSA) is 52.3 Å². The Bertz CT molecular complexity index is 273. The Morgan fingerprint density at radius 2 is 1.94 bits per heavy atom. The molecule has 0 aromatic heterocycles. The molecule has 3 nitrogen and oxygen atoms in total. The van der Waals surface area contributed by atoms with Gasteiger partial charge in [0.1, 0.15) is 0 Å². The average molecular weight is 241 g/mol. The number of carbonyl (C=O) groups is 1. The number of hydrogen-bond donors (Lipinski definition) is 1. The number of carbonyl (C=O) groups excluding carboxylic acids is 1. The van der Waals surface area contributed by atoms with Gasteiger partial charge in [-0.3, -0.25) is 4.79 Å². The third-order valence-corrected chi connectivity index (χ3v) is 4.52. The van der Waals surface area contributed by atoms with Crippen molar-refractivity contribution in [2.75, 3.05) is 7.11 Å². The molecule has 0 bridgehead atoms. The van der Waals surface area contributed by atoms with Crippen LogP contribution in [-0.2, 0) is 9.53 Å². The molecule has 17 heavy (non-hydrogen) atoms. The summed E-state index contributed by atoms with van der Waals surface area (Å²) in [6.07, 6.45) is 6.08. The summed E-state index contributed by atoms with van der Waals surface area (Å²) in [5.41, 5.74) is 6.48. The summed E-state index contributed by atoms with van der Waals surface area (Å²) < 4.78 is 4.83. The van der Waals surface area contributed by atoms with Gasteiger partial charge in [0.15, 0.2) is 0 Å². The Morgan fingerprint density at radius 3 is 2.47 bits per heavy atom. The third-order valence-electron chi connectivity index (χ3n) is 4.52. The Labute approximate surface area is 105 Å². The predicted octanol–water partition coefficient (Wildman–Crippen LogP) is 2.87. The maximum Gasteiger partial charge on any atom is 0.306 e. The van der Waals surface area contributed by atoms with Crippen LogP contribution in [0.1, 0.15) is 59.3 Å². The van der Waals surface area contributed by atoms with Gasteiger partial charge in [-0.2, -0.15) is 0 Å². The van der Waals surface area contributed by atoms with Crippen molar-refractivity contribution in [1.29, 1.82) is 0 Å². The van der Waals surface area contributed by atoms with Crippen LogP contribution in [0, 0.1) is 10.8 Å². The van der Waals surface area contributed by atoms with Crippen LogP contribution in [0.4, 0.5) is 0 Å². The van der Waals surface area contributed by atoms with E-state index in [1.165, 1.54) is 13.5 Å². The lowest BCUT2D eigenvalue weighted by atomic mass is 9.71. The molecule has 1 rings (SSSR count). The first-order chi connectivity index (χ1) is 7.81. The zero-order valence-electron chi connectivity index (χ0n) is 11.7. The second-order valence-electron chi connectivity index (χ2n) is 6.42. The van der Waals surface area contributed by atoms with Crippen molar-refractivity contribution >= 4 is 5.97 Å². The number of esters is 1. The normalized spacial score (nSPS) is 30.4.